The quantitative estimate of drug-likeness (QED) is 0.777. The summed E-state index contributed by atoms with van der Waals surface area (Å²) in [5.41, 5.74) is 2.58. The standard InChI is InChI=1S/C18H14F2N4O2/c1-9-4-3-5-14(10(9)2)24-16-15(21-22-24)17(25)23(18(16)26)11-6-7-12(19)13(20)8-11/h3-8,15-16H,1-2H3/t15-,16+/m0/s1. The Kier molecular flexibility index (Phi) is 3.57. The number of rotatable bonds is 2. The second-order valence-corrected chi connectivity index (χ2v) is 6.27. The van der Waals surface area contributed by atoms with Crippen molar-refractivity contribution in [2.45, 2.75) is 25.9 Å². The highest BCUT2D eigenvalue weighted by Crippen LogP contribution is 2.36. The summed E-state index contributed by atoms with van der Waals surface area (Å²) in [5, 5.41) is 9.38. The first-order valence-electron chi connectivity index (χ1n) is 7.99. The Morgan fingerprint density at radius 2 is 1.77 bits per heavy atom. The first-order chi connectivity index (χ1) is 12.4. The van der Waals surface area contributed by atoms with E-state index in [9.17, 15) is 18.4 Å². The molecule has 1 saturated heterocycles. The lowest BCUT2D eigenvalue weighted by Crippen LogP contribution is -2.40. The van der Waals surface area contributed by atoms with E-state index in [1.807, 2.05) is 26.0 Å². The van der Waals surface area contributed by atoms with Crippen LogP contribution in [0.4, 0.5) is 20.2 Å². The fourth-order valence-electron chi connectivity index (χ4n) is 3.22. The van der Waals surface area contributed by atoms with Crippen LogP contribution in [0.1, 0.15) is 11.1 Å². The molecule has 2 heterocycles. The molecular formula is C18H14F2N4O2. The normalized spacial score (nSPS) is 21.7. The number of imide groups is 1. The molecule has 0 bridgehead atoms. The van der Waals surface area contributed by atoms with Crippen LogP contribution in [0.2, 0.25) is 0 Å². The molecule has 0 spiro atoms. The van der Waals surface area contributed by atoms with Crippen molar-refractivity contribution in [2.75, 3.05) is 9.91 Å². The van der Waals surface area contributed by atoms with Crippen LogP contribution in [0.15, 0.2) is 46.7 Å². The van der Waals surface area contributed by atoms with Crippen LogP contribution in [-0.2, 0) is 9.59 Å². The molecular weight excluding hydrogens is 342 g/mol. The molecule has 8 heteroatoms. The van der Waals surface area contributed by atoms with Crippen molar-refractivity contribution in [3.8, 4) is 0 Å². The zero-order chi connectivity index (χ0) is 18.6. The lowest BCUT2D eigenvalue weighted by molar-refractivity contribution is -0.121. The SMILES string of the molecule is Cc1cccc(N2N=N[C@@H]3C(=O)N(c4ccc(F)c(F)c4)C(=O)[C@@H]32)c1C. The van der Waals surface area contributed by atoms with E-state index in [4.69, 9.17) is 0 Å². The largest absolute Gasteiger partial charge is 0.271 e. The van der Waals surface area contributed by atoms with Gasteiger partial charge in [-0.1, -0.05) is 17.4 Å². The monoisotopic (exact) mass is 356 g/mol. The molecule has 2 amide bonds. The molecule has 0 unspecified atom stereocenters. The number of aryl methyl sites for hydroxylation is 1. The molecule has 0 saturated carbocycles. The lowest BCUT2D eigenvalue weighted by atomic mass is 10.1. The van der Waals surface area contributed by atoms with Gasteiger partial charge in [-0.25, -0.2) is 18.7 Å². The number of nitrogens with zero attached hydrogens (tertiary/aromatic N) is 4. The van der Waals surface area contributed by atoms with Gasteiger partial charge >= 0.3 is 0 Å². The fourth-order valence-corrected chi connectivity index (χ4v) is 3.22. The Labute approximate surface area is 147 Å². The van der Waals surface area contributed by atoms with Gasteiger partial charge in [-0.15, -0.1) is 0 Å². The van der Waals surface area contributed by atoms with E-state index in [1.54, 1.807) is 6.07 Å². The van der Waals surface area contributed by atoms with Gasteiger partial charge in [-0.3, -0.25) is 9.59 Å². The Morgan fingerprint density at radius 3 is 2.50 bits per heavy atom. The summed E-state index contributed by atoms with van der Waals surface area (Å²) in [5.74, 6) is -3.36. The van der Waals surface area contributed by atoms with Crippen molar-refractivity contribution in [1.29, 1.82) is 0 Å². The number of halogens is 2. The van der Waals surface area contributed by atoms with Crippen molar-refractivity contribution in [2.24, 2.45) is 10.3 Å². The molecule has 2 aliphatic rings. The number of carbonyl (C=O) groups excluding carboxylic acids is 2. The maximum Gasteiger partial charge on any atom is 0.263 e. The number of amides is 2. The van der Waals surface area contributed by atoms with Crippen molar-refractivity contribution < 1.29 is 18.4 Å². The summed E-state index contributed by atoms with van der Waals surface area (Å²) >= 11 is 0. The Hall–Kier alpha value is -3.16. The second kappa shape index (κ2) is 5.69. The molecule has 4 rings (SSSR count). The van der Waals surface area contributed by atoms with Crippen LogP contribution in [0.3, 0.4) is 0 Å². The second-order valence-electron chi connectivity index (χ2n) is 6.27. The molecule has 0 aromatic heterocycles. The van der Waals surface area contributed by atoms with Crippen LogP contribution in [0, 0.1) is 25.5 Å². The maximum atomic E-state index is 13.5. The van der Waals surface area contributed by atoms with E-state index in [2.05, 4.69) is 10.3 Å². The van der Waals surface area contributed by atoms with Gasteiger partial charge in [0.05, 0.1) is 11.4 Å². The van der Waals surface area contributed by atoms with Gasteiger partial charge in [0.15, 0.2) is 23.7 Å². The predicted octanol–water partition coefficient (Wildman–Crippen LogP) is 3.08. The molecule has 1 fully saturated rings. The zero-order valence-electron chi connectivity index (χ0n) is 14.0. The van der Waals surface area contributed by atoms with Crippen LogP contribution >= 0.6 is 0 Å². The maximum absolute atomic E-state index is 13.5. The van der Waals surface area contributed by atoms with E-state index in [0.717, 1.165) is 28.2 Å². The van der Waals surface area contributed by atoms with Crippen LogP contribution in [-0.4, -0.2) is 23.9 Å². The van der Waals surface area contributed by atoms with Crippen LogP contribution < -0.4 is 9.91 Å². The molecule has 2 aliphatic heterocycles. The molecule has 2 aromatic rings. The van der Waals surface area contributed by atoms with Gasteiger partial charge in [-0.2, -0.15) is 5.11 Å². The van der Waals surface area contributed by atoms with Crippen LogP contribution in [0.25, 0.3) is 0 Å². The highest BCUT2D eigenvalue weighted by molar-refractivity contribution is 6.26. The third-order valence-electron chi connectivity index (χ3n) is 4.77. The van der Waals surface area contributed by atoms with Crippen molar-refractivity contribution in [3.63, 3.8) is 0 Å². The third-order valence-corrected chi connectivity index (χ3v) is 4.77. The molecule has 0 radical (unpaired) electrons. The average molecular weight is 356 g/mol. The first-order valence-corrected chi connectivity index (χ1v) is 7.99. The van der Waals surface area contributed by atoms with Crippen molar-refractivity contribution >= 4 is 23.2 Å². The molecule has 0 N–H and O–H groups in total. The summed E-state index contributed by atoms with van der Waals surface area (Å²) in [6, 6.07) is 6.51. The number of fused-ring (bicyclic) bond motifs is 1. The Bertz CT molecular complexity index is 976. The fraction of sp³-hybridized carbons (Fsp3) is 0.222. The number of benzene rings is 2. The predicted molar refractivity (Wildman–Crippen MR) is 89.7 cm³/mol. The summed E-state index contributed by atoms with van der Waals surface area (Å²) < 4.78 is 26.7. The molecule has 6 nitrogen and oxygen atoms in total. The summed E-state index contributed by atoms with van der Waals surface area (Å²) in [4.78, 5) is 26.4. The molecule has 2 atom stereocenters. The molecule has 2 aromatic carbocycles. The van der Waals surface area contributed by atoms with E-state index in [1.165, 1.54) is 11.1 Å². The molecule has 0 aliphatic carbocycles. The number of anilines is 2. The van der Waals surface area contributed by atoms with Gasteiger partial charge in [0.2, 0.25) is 0 Å². The minimum atomic E-state index is -1.13. The summed E-state index contributed by atoms with van der Waals surface area (Å²) in [6.07, 6.45) is 0. The first kappa shape index (κ1) is 16.3. The van der Waals surface area contributed by atoms with Gasteiger partial charge in [-0.05, 0) is 43.2 Å². The highest BCUT2D eigenvalue weighted by atomic mass is 19.2. The van der Waals surface area contributed by atoms with E-state index in [0.29, 0.717) is 5.69 Å². The van der Waals surface area contributed by atoms with E-state index < -0.39 is 35.5 Å². The topological polar surface area (TPSA) is 65.3 Å². The Morgan fingerprint density at radius 1 is 1.00 bits per heavy atom. The smallest absolute Gasteiger partial charge is 0.263 e. The van der Waals surface area contributed by atoms with Crippen molar-refractivity contribution in [3.05, 3.63) is 59.2 Å². The minimum Gasteiger partial charge on any atom is -0.271 e. The number of hydrogen-bond donors (Lipinski definition) is 0. The van der Waals surface area contributed by atoms with E-state index in [-0.39, 0.29) is 5.69 Å². The molecule has 132 valence electrons. The molecule has 26 heavy (non-hydrogen) atoms. The van der Waals surface area contributed by atoms with Gasteiger partial charge < -0.3 is 0 Å². The van der Waals surface area contributed by atoms with Gasteiger partial charge in [0.25, 0.3) is 11.8 Å². The average Bonchev–Trinajstić information content (AvgIpc) is 3.14. The van der Waals surface area contributed by atoms with Crippen LogP contribution in [0.5, 0.6) is 0 Å². The van der Waals surface area contributed by atoms with E-state index >= 15 is 0 Å². The minimum absolute atomic E-state index is 0.0237. The number of hydrogen-bond acceptors (Lipinski definition) is 5. The lowest BCUT2D eigenvalue weighted by Gasteiger charge is -2.22. The third kappa shape index (κ3) is 2.22. The summed E-state index contributed by atoms with van der Waals surface area (Å²) in [6.45, 7) is 3.82. The number of carbonyl (C=O) groups is 2. The zero-order valence-corrected chi connectivity index (χ0v) is 14.0. The highest BCUT2D eigenvalue weighted by Gasteiger charge is 2.55. The van der Waals surface area contributed by atoms with Crippen molar-refractivity contribution in [1.82, 2.24) is 0 Å². The Balaban J connectivity index is 1.74. The van der Waals surface area contributed by atoms with Gasteiger partial charge in [0.1, 0.15) is 0 Å². The summed E-state index contributed by atoms with van der Waals surface area (Å²) in [7, 11) is 0. The van der Waals surface area contributed by atoms with Gasteiger partial charge in [0, 0.05) is 6.07 Å².